The van der Waals surface area contributed by atoms with Crippen molar-refractivity contribution in [3.05, 3.63) is 102 Å². The molecule has 0 spiro atoms. The van der Waals surface area contributed by atoms with Crippen LogP contribution in [0.4, 0.5) is 0 Å². The highest BCUT2D eigenvalue weighted by Crippen LogP contribution is 2.11. The summed E-state index contributed by atoms with van der Waals surface area (Å²) in [6.07, 6.45) is 1.60. The number of hydrogen-bond acceptors (Lipinski definition) is 3. The number of carbonyl (C=O) groups is 1. The van der Waals surface area contributed by atoms with Crippen LogP contribution in [-0.4, -0.2) is 22.1 Å². The molecule has 0 aromatic heterocycles. The second kappa shape index (κ2) is 8.36. The van der Waals surface area contributed by atoms with Crippen molar-refractivity contribution in [2.45, 2.75) is 4.90 Å². The summed E-state index contributed by atoms with van der Waals surface area (Å²) in [5.41, 5.74) is 5.59. The minimum absolute atomic E-state index is 0.317. The van der Waals surface area contributed by atoms with Gasteiger partial charge in [-0.3, -0.25) is 9.00 Å². The third-order valence-corrected chi connectivity index (χ3v) is 4.75. The maximum Gasteiger partial charge on any atom is 0.271 e. The third kappa shape index (κ3) is 4.32. The summed E-state index contributed by atoms with van der Waals surface area (Å²) in [6, 6.07) is 26.0. The van der Waals surface area contributed by atoms with Crippen LogP contribution >= 0.6 is 0 Å². The molecule has 3 aromatic carbocycles. The van der Waals surface area contributed by atoms with E-state index in [1.165, 1.54) is 0 Å². The van der Waals surface area contributed by atoms with E-state index in [0.29, 0.717) is 16.2 Å². The predicted molar refractivity (Wildman–Crippen MR) is 105 cm³/mol. The minimum Gasteiger partial charge on any atom is -0.267 e. The molecule has 26 heavy (non-hydrogen) atoms. The molecule has 0 fully saturated rings. The van der Waals surface area contributed by atoms with Crippen molar-refractivity contribution in [3.63, 3.8) is 0 Å². The van der Waals surface area contributed by atoms with Crippen molar-refractivity contribution in [1.82, 2.24) is 5.43 Å². The molecule has 0 radical (unpaired) electrons. The largest absolute Gasteiger partial charge is 0.271 e. The lowest BCUT2D eigenvalue weighted by Gasteiger charge is -2.08. The molecule has 0 bridgehead atoms. The molecular weight excluding hydrogens is 344 g/mol. The molecule has 0 heterocycles. The number of nitrogens with zero attached hydrogens (tertiary/aromatic N) is 1. The lowest BCUT2D eigenvalue weighted by molar-refractivity contribution is 0.0955. The van der Waals surface area contributed by atoms with Gasteiger partial charge in [-0.25, -0.2) is 5.43 Å². The molecule has 4 nitrogen and oxygen atoms in total. The van der Waals surface area contributed by atoms with Crippen molar-refractivity contribution in [3.8, 4) is 0 Å². The fourth-order valence-corrected chi connectivity index (χ4v) is 2.98. The minimum atomic E-state index is -1.07. The van der Waals surface area contributed by atoms with Crippen LogP contribution < -0.4 is 5.43 Å². The molecule has 1 unspecified atom stereocenters. The number of benzene rings is 3. The van der Waals surface area contributed by atoms with Gasteiger partial charge in [0, 0.05) is 38.6 Å². The van der Waals surface area contributed by atoms with Crippen LogP contribution in [0, 0.1) is 0 Å². The van der Waals surface area contributed by atoms with Crippen LogP contribution in [0.5, 0.6) is 0 Å². The molecule has 5 heteroatoms. The van der Waals surface area contributed by atoms with E-state index in [1.807, 2.05) is 60.7 Å². The molecule has 1 atom stereocenters. The summed E-state index contributed by atoms with van der Waals surface area (Å²) >= 11 is 0. The van der Waals surface area contributed by atoms with E-state index in [1.54, 1.807) is 30.5 Å². The van der Waals surface area contributed by atoms with Crippen LogP contribution in [0.15, 0.2) is 94.9 Å². The SMILES string of the molecule is CS(=O)c1ccc(C(=O)NN=C(c2ccccc2)c2ccccc2)cc1. The van der Waals surface area contributed by atoms with Crippen molar-refractivity contribution >= 4 is 22.4 Å². The van der Waals surface area contributed by atoms with E-state index in [9.17, 15) is 9.00 Å². The topological polar surface area (TPSA) is 58.5 Å². The predicted octanol–water partition coefficient (Wildman–Crippen LogP) is 3.61. The number of carbonyl (C=O) groups excluding carboxylic acids is 1. The maximum atomic E-state index is 12.4. The van der Waals surface area contributed by atoms with Gasteiger partial charge in [0.15, 0.2) is 0 Å². The molecular formula is C21H18N2O2S. The normalized spacial score (nSPS) is 11.4. The Morgan fingerprint density at radius 2 is 1.27 bits per heavy atom. The number of rotatable bonds is 5. The summed E-state index contributed by atoms with van der Waals surface area (Å²) in [7, 11) is -1.07. The van der Waals surface area contributed by atoms with Crippen LogP contribution in [0.1, 0.15) is 21.5 Å². The first-order chi connectivity index (χ1) is 12.6. The number of amides is 1. The molecule has 0 aliphatic rings. The lowest BCUT2D eigenvalue weighted by Crippen LogP contribution is -2.20. The first kappa shape index (κ1) is 17.8. The van der Waals surface area contributed by atoms with Gasteiger partial charge in [-0.15, -0.1) is 0 Å². The number of hydrogen-bond donors (Lipinski definition) is 1. The molecule has 1 amide bonds. The lowest BCUT2D eigenvalue weighted by atomic mass is 10.0. The first-order valence-electron chi connectivity index (χ1n) is 8.07. The van der Waals surface area contributed by atoms with E-state index >= 15 is 0 Å². The average molecular weight is 362 g/mol. The van der Waals surface area contributed by atoms with Crippen molar-refractivity contribution < 1.29 is 9.00 Å². The van der Waals surface area contributed by atoms with Gasteiger partial charge in [-0.05, 0) is 24.3 Å². The summed E-state index contributed by atoms with van der Waals surface area (Å²) in [5, 5.41) is 4.36. The van der Waals surface area contributed by atoms with Gasteiger partial charge in [-0.2, -0.15) is 5.10 Å². The second-order valence-corrected chi connectivity index (χ2v) is 6.99. The molecule has 3 rings (SSSR count). The zero-order chi connectivity index (χ0) is 18.4. The Kier molecular flexibility index (Phi) is 5.71. The molecule has 0 aliphatic heterocycles. The highest BCUT2D eigenvalue weighted by atomic mass is 32.2. The van der Waals surface area contributed by atoms with Crippen LogP contribution in [0.2, 0.25) is 0 Å². The molecule has 0 aliphatic carbocycles. The standard InChI is InChI=1S/C21H18N2O2S/c1-26(25)19-14-12-18(13-15-19)21(24)23-22-20(16-8-4-2-5-9-16)17-10-6-3-7-11-17/h2-15H,1H3,(H,23,24). The Hall–Kier alpha value is -3.05. The third-order valence-electron chi connectivity index (χ3n) is 3.81. The number of hydrazone groups is 1. The monoisotopic (exact) mass is 362 g/mol. The molecule has 1 N–H and O–H groups in total. The molecule has 3 aromatic rings. The Labute approximate surface area is 155 Å². The highest BCUT2D eigenvalue weighted by molar-refractivity contribution is 7.84. The molecule has 130 valence electrons. The van der Waals surface area contributed by atoms with Crippen molar-refractivity contribution in [2.24, 2.45) is 5.10 Å². The van der Waals surface area contributed by atoms with Crippen LogP contribution in [-0.2, 0) is 10.8 Å². The maximum absolute atomic E-state index is 12.4. The van der Waals surface area contributed by atoms with Gasteiger partial charge in [0.1, 0.15) is 0 Å². The van der Waals surface area contributed by atoms with Crippen LogP contribution in [0.3, 0.4) is 0 Å². The summed E-state index contributed by atoms with van der Waals surface area (Å²) in [6.45, 7) is 0. The molecule has 0 saturated heterocycles. The van der Waals surface area contributed by atoms with Gasteiger partial charge in [-0.1, -0.05) is 60.7 Å². The average Bonchev–Trinajstić information content (AvgIpc) is 2.69. The number of nitrogens with one attached hydrogen (secondary N) is 1. The zero-order valence-electron chi connectivity index (χ0n) is 14.3. The molecule has 0 saturated carbocycles. The fraction of sp³-hybridized carbons (Fsp3) is 0.0476. The Balaban J connectivity index is 1.86. The second-order valence-electron chi connectivity index (χ2n) is 5.61. The Morgan fingerprint density at radius 1 is 0.769 bits per heavy atom. The van der Waals surface area contributed by atoms with Crippen molar-refractivity contribution in [2.75, 3.05) is 6.26 Å². The van der Waals surface area contributed by atoms with E-state index in [4.69, 9.17) is 0 Å². The van der Waals surface area contributed by atoms with Gasteiger partial charge >= 0.3 is 0 Å². The van der Waals surface area contributed by atoms with Crippen LogP contribution in [0.25, 0.3) is 0 Å². The van der Waals surface area contributed by atoms with Gasteiger partial charge in [0.2, 0.25) is 0 Å². The zero-order valence-corrected chi connectivity index (χ0v) is 15.1. The summed E-state index contributed by atoms with van der Waals surface area (Å²) < 4.78 is 11.4. The quantitative estimate of drug-likeness (QED) is 0.557. The van der Waals surface area contributed by atoms with E-state index < -0.39 is 10.8 Å². The summed E-state index contributed by atoms with van der Waals surface area (Å²) in [5.74, 6) is -0.317. The first-order valence-corrected chi connectivity index (χ1v) is 9.63. The van der Waals surface area contributed by atoms with Gasteiger partial charge < -0.3 is 0 Å². The van der Waals surface area contributed by atoms with Gasteiger partial charge in [0.25, 0.3) is 5.91 Å². The smallest absolute Gasteiger partial charge is 0.267 e. The Morgan fingerprint density at radius 3 is 1.73 bits per heavy atom. The summed E-state index contributed by atoms with van der Waals surface area (Å²) in [4.78, 5) is 13.1. The van der Waals surface area contributed by atoms with E-state index in [2.05, 4.69) is 10.5 Å². The fourth-order valence-electron chi connectivity index (χ4n) is 2.46. The van der Waals surface area contributed by atoms with Crippen molar-refractivity contribution in [1.29, 1.82) is 0 Å². The Bertz CT molecular complexity index is 895. The van der Waals surface area contributed by atoms with E-state index in [-0.39, 0.29) is 5.91 Å². The van der Waals surface area contributed by atoms with E-state index in [0.717, 1.165) is 11.1 Å². The van der Waals surface area contributed by atoms with Gasteiger partial charge in [0.05, 0.1) is 5.71 Å². The highest BCUT2D eigenvalue weighted by Gasteiger charge is 2.09.